The van der Waals surface area contributed by atoms with E-state index in [4.69, 9.17) is 9.26 Å². The van der Waals surface area contributed by atoms with Crippen LogP contribution in [0, 0.1) is 6.92 Å². The lowest BCUT2D eigenvalue weighted by Gasteiger charge is -2.08. The van der Waals surface area contributed by atoms with Crippen molar-refractivity contribution in [2.75, 3.05) is 19.7 Å². The Kier molecular flexibility index (Phi) is 6.95. The molecule has 3 aromatic rings. The van der Waals surface area contributed by atoms with E-state index in [-0.39, 0.29) is 38.0 Å². The number of ether oxygens (including phenoxy) is 1. The normalized spacial score (nSPS) is 10.6. The van der Waals surface area contributed by atoms with Gasteiger partial charge >= 0.3 is 11.8 Å². The van der Waals surface area contributed by atoms with Crippen molar-refractivity contribution < 1.29 is 18.8 Å². The molecule has 0 fully saturated rings. The minimum absolute atomic E-state index is 0.104. The maximum absolute atomic E-state index is 12.0. The summed E-state index contributed by atoms with van der Waals surface area (Å²) in [4.78, 5) is 27.8. The van der Waals surface area contributed by atoms with Crippen molar-refractivity contribution in [1.82, 2.24) is 30.6 Å². The van der Waals surface area contributed by atoms with Crippen LogP contribution in [-0.2, 0) is 11.3 Å². The highest BCUT2D eigenvalue weighted by Crippen LogP contribution is 2.11. The van der Waals surface area contributed by atoms with Crippen LogP contribution in [0.1, 0.15) is 22.1 Å². The van der Waals surface area contributed by atoms with Crippen molar-refractivity contribution in [2.45, 2.75) is 13.5 Å². The third-order valence-electron chi connectivity index (χ3n) is 3.69. The average molecular weight is 463 g/mol. The molecule has 11 heteroatoms. The number of amides is 2. The molecule has 0 aliphatic rings. The van der Waals surface area contributed by atoms with Gasteiger partial charge in [0.25, 0.3) is 5.91 Å². The number of hydrogen-bond donors (Lipinski definition) is 2. The number of nitrogens with zero attached hydrogens (tertiary/aromatic N) is 4. The van der Waals surface area contributed by atoms with Crippen LogP contribution < -0.4 is 15.4 Å². The Morgan fingerprint density at radius 3 is 2.69 bits per heavy atom. The van der Waals surface area contributed by atoms with Gasteiger partial charge in [0.05, 0.1) is 10.7 Å². The quantitative estimate of drug-likeness (QED) is 0.459. The van der Waals surface area contributed by atoms with Crippen molar-refractivity contribution in [3.05, 3.63) is 58.4 Å². The fourth-order valence-corrected chi connectivity index (χ4v) is 2.60. The molecule has 152 valence electrons. The summed E-state index contributed by atoms with van der Waals surface area (Å²) in [7, 11) is 0. The SMILES string of the molecule is Cc1ccc(OCC(=O)NCCNC(=O)c2nc(Cn3cc(Br)cn3)no2)cc1. The zero-order valence-electron chi connectivity index (χ0n) is 15.6. The topological polar surface area (TPSA) is 124 Å². The molecule has 3 rings (SSSR count). The smallest absolute Gasteiger partial charge is 0.316 e. The first-order valence-corrected chi connectivity index (χ1v) is 9.54. The second-order valence-corrected chi connectivity index (χ2v) is 7.00. The first-order chi connectivity index (χ1) is 14.0. The van der Waals surface area contributed by atoms with Crippen LogP contribution in [0.25, 0.3) is 0 Å². The van der Waals surface area contributed by atoms with Gasteiger partial charge in [0.15, 0.2) is 12.4 Å². The molecule has 0 radical (unpaired) electrons. The lowest BCUT2D eigenvalue weighted by Crippen LogP contribution is -2.36. The monoisotopic (exact) mass is 462 g/mol. The summed E-state index contributed by atoms with van der Waals surface area (Å²) in [6, 6.07) is 7.40. The standard InChI is InChI=1S/C18H19BrN6O4/c1-12-2-4-14(5-3-12)28-11-16(26)20-6-7-21-17(27)18-23-15(24-29-18)10-25-9-13(19)8-22-25/h2-5,8-9H,6-7,10-11H2,1H3,(H,20,26)(H,21,27). The van der Waals surface area contributed by atoms with Gasteiger partial charge in [0.1, 0.15) is 12.3 Å². The number of carbonyl (C=O) groups is 2. The van der Waals surface area contributed by atoms with Crippen molar-refractivity contribution in [1.29, 1.82) is 0 Å². The molecule has 0 aliphatic carbocycles. The van der Waals surface area contributed by atoms with E-state index in [1.807, 2.05) is 19.1 Å². The molecule has 2 heterocycles. The third-order valence-corrected chi connectivity index (χ3v) is 4.10. The lowest BCUT2D eigenvalue weighted by atomic mass is 10.2. The highest BCUT2D eigenvalue weighted by molar-refractivity contribution is 9.10. The molecule has 0 unspecified atom stereocenters. The molecule has 29 heavy (non-hydrogen) atoms. The first-order valence-electron chi connectivity index (χ1n) is 8.74. The Balaban J connectivity index is 1.34. The summed E-state index contributed by atoms with van der Waals surface area (Å²) in [5, 5.41) is 13.1. The fraction of sp³-hybridized carbons (Fsp3) is 0.278. The van der Waals surface area contributed by atoms with Crippen LogP contribution in [0.4, 0.5) is 0 Å². The number of hydrogen-bond acceptors (Lipinski definition) is 7. The van der Waals surface area contributed by atoms with Gasteiger partial charge in [-0.25, -0.2) is 0 Å². The van der Waals surface area contributed by atoms with E-state index < -0.39 is 5.91 Å². The van der Waals surface area contributed by atoms with Crippen molar-refractivity contribution >= 4 is 27.7 Å². The molecule has 2 amide bonds. The van der Waals surface area contributed by atoms with Gasteiger partial charge < -0.3 is 19.9 Å². The maximum atomic E-state index is 12.0. The molecule has 0 atom stereocenters. The lowest BCUT2D eigenvalue weighted by molar-refractivity contribution is -0.123. The maximum Gasteiger partial charge on any atom is 0.316 e. The van der Waals surface area contributed by atoms with E-state index in [2.05, 4.69) is 41.8 Å². The number of aromatic nitrogens is 4. The van der Waals surface area contributed by atoms with Crippen LogP contribution >= 0.6 is 15.9 Å². The number of rotatable bonds is 9. The number of carbonyl (C=O) groups excluding carboxylic acids is 2. The van der Waals surface area contributed by atoms with Crippen molar-refractivity contribution in [3.63, 3.8) is 0 Å². The Bertz CT molecular complexity index is 969. The summed E-state index contributed by atoms with van der Waals surface area (Å²) in [6.07, 6.45) is 3.38. The molecule has 0 saturated carbocycles. The zero-order chi connectivity index (χ0) is 20.6. The molecule has 1 aromatic carbocycles. The van der Waals surface area contributed by atoms with E-state index in [9.17, 15) is 9.59 Å². The molecule has 2 N–H and O–H groups in total. The molecule has 0 saturated heterocycles. The van der Waals surface area contributed by atoms with Gasteiger partial charge in [0.2, 0.25) is 0 Å². The van der Waals surface area contributed by atoms with Crippen LogP contribution in [0.15, 0.2) is 45.7 Å². The van der Waals surface area contributed by atoms with Gasteiger partial charge in [-0.05, 0) is 35.0 Å². The minimum Gasteiger partial charge on any atom is -0.484 e. The van der Waals surface area contributed by atoms with E-state index in [1.54, 1.807) is 29.2 Å². The molecular weight excluding hydrogens is 444 g/mol. The van der Waals surface area contributed by atoms with Crippen LogP contribution in [0.3, 0.4) is 0 Å². The van der Waals surface area contributed by atoms with Gasteiger partial charge in [0, 0.05) is 19.3 Å². The zero-order valence-corrected chi connectivity index (χ0v) is 17.2. The third kappa shape index (κ3) is 6.42. The second-order valence-electron chi connectivity index (χ2n) is 6.08. The number of aryl methyl sites for hydroxylation is 1. The summed E-state index contributed by atoms with van der Waals surface area (Å²) < 4.78 is 12.8. The molecule has 2 aromatic heterocycles. The van der Waals surface area contributed by atoms with E-state index in [1.165, 1.54) is 0 Å². The molecule has 0 bridgehead atoms. The Morgan fingerprint density at radius 1 is 1.21 bits per heavy atom. The van der Waals surface area contributed by atoms with Gasteiger partial charge in [-0.3, -0.25) is 14.3 Å². The molecule has 0 aliphatic heterocycles. The van der Waals surface area contributed by atoms with Crippen LogP contribution in [0.5, 0.6) is 5.75 Å². The molecular formula is C18H19BrN6O4. The number of halogens is 1. The predicted octanol–water partition coefficient (Wildman–Crippen LogP) is 1.31. The average Bonchev–Trinajstić information content (AvgIpc) is 3.34. The van der Waals surface area contributed by atoms with Crippen molar-refractivity contribution in [2.24, 2.45) is 0 Å². The highest BCUT2D eigenvalue weighted by Gasteiger charge is 2.15. The first kappa shape index (κ1) is 20.5. The van der Waals surface area contributed by atoms with Gasteiger partial charge in [-0.15, -0.1) is 0 Å². The highest BCUT2D eigenvalue weighted by atomic mass is 79.9. The summed E-state index contributed by atoms with van der Waals surface area (Å²) in [5.41, 5.74) is 1.11. The molecule has 10 nitrogen and oxygen atoms in total. The van der Waals surface area contributed by atoms with E-state index in [0.29, 0.717) is 11.6 Å². The Morgan fingerprint density at radius 2 is 1.97 bits per heavy atom. The molecule has 0 spiro atoms. The second kappa shape index (κ2) is 9.82. The fourth-order valence-electron chi connectivity index (χ4n) is 2.27. The summed E-state index contributed by atoms with van der Waals surface area (Å²) in [6.45, 7) is 2.59. The summed E-state index contributed by atoms with van der Waals surface area (Å²) >= 11 is 3.29. The van der Waals surface area contributed by atoms with E-state index >= 15 is 0 Å². The largest absolute Gasteiger partial charge is 0.484 e. The van der Waals surface area contributed by atoms with E-state index in [0.717, 1.165) is 10.0 Å². The minimum atomic E-state index is -0.518. The van der Waals surface area contributed by atoms with Crippen molar-refractivity contribution in [3.8, 4) is 5.75 Å². The predicted molar refractivity (Wildman–Crippen MR) is 105 cm³/mol. The van der Waals surface area contributed by atoms with Crippen LogP contribution in [0.2, 0.25) is 0 Å². The number of benzene rings is 1. The Hall–Kier alpha value is -3.21. The Labute approximate surface area is 174 Å². The van der Waals surface area contributed by atoms with Gasteiger partial charge in [-0.2, -0.15) is 10.1 Å². The number of nitrogens with one attached hydrogen (secondary N) is 2. The summed E-state index contributed by atoms with van der Waals surface area (Å²) in [5.74, 6) is -0.0119. The van der Waals surface area contributed by atoms with Crippen LogP contribution in [-0.4, -0.2) is 51.4 Å². The van der Waals surface area contributed by atoms with Gasteiger partial charge in [-0.1, -0.05) is 22.9 Å².